The molecule has 254 valence electrons. The van der Waals surface area contributed by atoms with Crippen molar-refractivity contribution >= 4 is 44.1 Å². The molecule has 1 fully saturated rings. The normalized spacial score (nSPS) is 14.1. The summed E-state index contributed by atoms with van der Waals surface area (Å²) in [5.74, 6) is 0.959. The first kappa shape index (κ1) is 32.7. The molecule has 7 rings (SSSR count). The number of benzene rings is 3. The number of primary amides is 1. The van der Waals surface area contributed by atoms with Crippen molar-refractivity contribution in [1.29, 1.82) is 0 Å². The van der Waals surface area contributed by atoms with Gasteiger partial charge >= 0.3 is 6.03 Å². The number of imidazole rings is 1. The Bertz CT molecular complexity index is 2180. The van der Waals surface area contributed by atoms with Gasteiger partial charge in [-0.25, -0.2) is 9.80 Å². The molecule has 1 saturated heterocycles. The van der Waals surface area contributed by atoms with Gasteiger partial charge in [0.15, 0.2) is 4.96 Å². The van der Waals surface area contributed by atoms with Crippen LogP contribution in [0.4, 0.5) is 4.79 Å². The van der Waals surface area contributed by atoms with E-state index < -0.39 is 11.4 Å². The zero-order valence-corrected chi connectivity index (χ0v) is 28.8. The van der Waals surface area contributed by atoms with Crippen LogP contribution >= 0.6 is 22.9 Å². The number of nitrogens with two attached hydrogens (primary N) is 1. The molecule has 3 aromatic heterocycles. The Labute approximate surface area is 291 Å². The fourth-order valence-electron chi connectivity index (χ4n) is 6.04. The first-order valence-electron chi connectivity index (χ1n) is 15.8. The number of amides is 2. The van der Waals surface area contributed by atoms with E-state index in [2.05, 4.69) is 4.90 Å². The minimum atomic E-state index is -0.739. The predicted octanol–water partition coefficient (Wildman–Crippen LogP) is 6.62. The van der Waals surface area contributed by atoms with Crippen LogP contribution in [-0.2, 0) is 23.2 Å². The summed E-state index contributed by atoms with van der Waals surface area (Å²) in [6.45, 7) is 9.28. The summed E-state index contributed by atoms with van der Waals surface area (Å²) in [5.41, 5.74) is 9.39. The van der Waals surface area contributed by atoms with E-state index in [-0.39, 0.29) is 23.1 Å². The van der Waals surface area contributed by atoms with Crippen molar-refractivity contribution in [2.45, 2.75) is 39.3 Å². The lowest BCUT2D eigenvalue weighted by Gasteiger charge is -2.26. The number of para-hydroxylation sites is 3. The number of phenolic OH excluding ortho intramolecular Hbond substituents is 2. The highest BCUT2D eigenvalue weighted by atomic mass is 35.5. The lowest BCUT2D eigenvalue weighted by atomic mass is 9.87. The highest BCUT2D eigenvalue weighted by molar-refractivity contribution is 7.23. The van der Waals surface area contributed by atoms with E-state index in [0.29, 0.717) is 64.2 Å². The standard InChI is InChI=1S/C35H36ClN7O5S/c1-35(2,3)31-23(22-9-6-10-24(36)30(22)45)19-42(39-31)41(33(37)46)18-21-8-4-5-12-27(21)48-32-25(20-40-14-16-47-17-15-40)43-29-26(44)11-7-13-28(29)49-34(43)38-32/h4-13,19,44-45H,14-18,20H2,1-3H3,(H2,37,46). The Balaban J connectivity index is 1.27. The SMILES string of the molecule is CC(C)(C)c1nn(N(Cc2ccccc2Oc2nc3sc4cccc(O)c4n3c2CN2CCOCC2)C(N)=O)cc1-c1cccc(Cl)c1O. The van der Waals surface area contributed by atoms with E-state index in [1.807, 2.05) is 61.6 Å². The number of ether oxygens (including phenoxy) is 2. The molecule has 4 heterocycles. The Morgan fingerprint density at radius 2 is 1.82 bits per heavy atom. The van der Waals surface area contributed by atoms with Gasteiger partial charge in [-0.2, -0.15) is 14.9 Å². The van der Waals surface area contributed by atoms with Crippen LogP contribution in [0.2, 0.25) is 5.02 Å². The van der Waals surface area contributed by atoms with Crippen LogP contribution in [0, 0.1) is 0 Å². The fraction of sp³-hybridized carbons (Fsp3) is 0.286. The number of phenols is 2. The van der Waals surface area contributed by atoms with Crippen LogP contribution in [0.5, 0.6) is 23.1 Å². The van der Waals surface area contributed by atoms with Crippen LogP contribution in [0.25, 0.3) is 26.3 Å². The smallest absolute Gasteiger partial charge is 0.335 e. The van der Waals surface area contributed by atoms with Gasteiger partial charge in [0.2, 0.25) is 5.88 Å². The summed E-state index contributed by atoms with van der Waals surface area (Å²) < 4.78 is 15.0. The number of carbonyl (C=O) groups excluding carboxylic acids is 1. The Morgan fingerprint density at radius 1 is 1.06 bits per heavy atom. The van der Waals surface area contributed by atoms with Gasteiger partial charge in [-0.1, -0.05) is 80.1 Å². The topological polar surface area (TPSA) is 144 Å². The summed E-state index contributed by atoms with van der Waals surface area (Å²) in [5, 5.41) is 28.0. The molecule has 6 aromatic rings. The van der Waals surface area contributed by atoms with Crippen molar-refractivity contribution in [1.82, 2.24) is 24.2 Å². The molecule has 2 amide bonds. The highest BCUT2D eigenvalue weighted by Crippen LogP contribution is 2.41. The van der Waals surface area contributed by atoms with Crippen LogP contribution in [0.3, 0.4) is 0 Å². The van der Waals surface area contributed by atoms with Crippen molar-refractivity contribution in [2.75, 3.05) is 31.3 Å². The molecule has 3 aromatic carbocycles. The molecule has 0 spiro atoms. The molecule has 0 aliphatic carbocycles. The Morgan fingerprint density at radius 3 is 2.57 bits per heavy atom. The van der Waals surface area contributed by atoms with Crippen molar-refractivity contribution in [3.05, 3.63) is 88.8 Å². The number of fused-ring (bicyclic) bond motifs is 3. The van der Waals surface area contributed by atoms with Gasteiger partial charge in [0.05, 0.1) is 41.4 Å². The van der Waals surface area contributed by atoms with Crippen LogP contribution < -0.4 is 15.5 Å². The van der Waals surface area contributed by atoms with Crippen molar-refractivity contribution in [3.8, 4) is 34.3 Å². The van der Waals surface area contributed by atoms with E-state index >= 15 is 0 Å². The molecule has 14 heteroatoms. The first-order valence-corrected chi connectivity index (χ1v) is 17.0. The minimum Gasteiger partial charge on any atom is -0.506 e. The molecule has 0 unspecified atom stereocenters. The van der Waals surface area contributed by atoms with Gasteiger partial charge in [0.25, 0.3) is 0 Å². The largest absolute Gasteiger partial charge is 0.506 e. The monoisotopic (exact) mass is 701 g/mol. The molecule has 1 aliphatic rings. The molecule has 0 saturated carbocycles. The number of hydrogen-bond donors (Lipinski definition) is 3. The number of halogens is 1. The number of aromatic hydroxyl groups is 2. The second kappa shape index (κ2) is 12.9. The molecular formula is C35H36ClN7O5S. The Hall–Kier alpha value is -4.82. The third-order valence-corrected chi connectivity index (χ3v) is 9.79. The number of nitrogens with zero attached hydrogens (tertiary/aromatic N) is 6. The third kappa shape index (κ3) is 6.26. The average molecular weight is 702 g/mol. The maximum absolute atomic E-state index is 13.0. The quantitative estimate of drug-likeness (QED) is 0.161. The zero-order valence-electron chi connectivity index (χ0n) is 27.3. The second-order valence-corrected chi connectivity index (χ2v) is 14.3. The number of hydrogen-bond acceptors (Lipinski definition) is 9. The molecular weight excluding hydrogens is 666 g/mol. The number of aromatic nitrogens is 4. The van der Waals surface area contributed by atoms with Gasteiger partial charge in [-0.05, 0) is 24.3 Å². The van der Waals surface area contributed by atoms with E-state index in [4.69, 9.17) is 36.9 Å². The molecule has 49 heavy (non-hydrogen) atoms. The summed E-state index contributed by atoms with van der Waals surface area (Å²) >= 11 is 7.73. The summed E-state index contributed by atoms with van der Waals surface area (Å²) in [6, 6.07) is 17.2. The van der Waals surface area contributed by atoms with Crippen LogP contribution in [0.1, 0.15) is 37.7 Å². The predicted molar refractivity (Wildman–Crippen MR) is 189 cm³/mol. The molecule has 0 bridgehead atoms. The minimum absolute atomic E-state index is 0.0163. The van der Waals surface area contributed by atoms with E-state index in [9.17, 15) is 15.0 Å². The maximum Gasteiger partial charge on any atom is 0.335 e. The molecule has 1 aliphatic heterocycles. The van der Waals surface area contributed by atoms with Gasteiger partial charge in [0.1, 0.15) is 28.5 Å². The van der Waals surface area contributed by atoms with E-state index in [1.165, 1.54) is 21.1 Å². The Kier molecular flexibility index (Phi) is 8.61. The number of rotatable bonds is 8. The number of carbonyl (C=O) groups is 1. The number of thiazole rings is 1. The average Bonchev–Trinajstić information content (AvgIpc) is 3.76. The van der Waals surface area contributed by atoms with Crippen LogP contribution in [-0.4, -0.2) is 66.7 Å². The van der Waals surface area contributed by atoms with Gasteiger partial charge < -0.3 is 25.4 Å². The van der Waals surface area contributed by atoms with E-state index in [1.54, 1.807) is 30.5 Å². The lowest BCUT2D eigenvalue weighted by molar-refractivity contribution is 0.0333. The maximum atomic E-state index is 13.0. The van der Waals surface area contributed by atoms with Crippen molar-refractivity contribution in [3.63, 3.8) is 0 Å². The molecule has 12 nitrogen and oxygen atoms in total. The molecule has 0 atom stereocenters. The first-order chi connectivity index (χ1) is 23.5. The summed E-state index contributed by atoms with van der Waals surface area (Å²) in [6.07, 6.45) is 1.67. The van der Waals surface area contributed by atoms with Crippen molar-refractivity contribution in [2.24, 2.45) is 5.73 Å². The summed E-state index contributed by atoms with van der Waals surface area (Å²) in [7, 11) is 0. The summed E-state index contributed by atoms with van der Waals surface area (Å²) in [4.78, 5) is 22.3. The van der Waals surface area contributed by atoms with E-state index in [0.717, 1.165) is 23.5 Å². The molecule has 0 radical (unpaired) electrons. The van der Waals surface area contributed by atoms with Gasteiger partial charge in [-0.15, -0.1) is 0 Å². The third-order valence-electron chi connectivity index (χ3n) is 8.48. The van der Waals surface area contributed by atoms with Gasteiger partial charge in [0, 0.05) is 41.7 Å². The van der Waals surface area contributed by atoms with Crippen molar-refractivity contribution < 1.29 is 24.5 Å². The van der Waals surface area contributed by atoms with Gasteiger partial charge in [-0.3, -0.25) is 9.30 Å². The lowest BCUT2D eigenvalue weighted by Crippen LogP contribution is -2.44. The number of morpholine rings is 1. The van der Waals surface area contributed by atoms with Crippen LogP contribution in [0.15, 0.2) is 66.9 Å². The fourth-order valence-corrected chi connectivity index (χ4v) is 7.27. The zero-order chi connectivity index (χ0) is 34.4. The number of urea groups is 1. The highest BCUT2D eigenvalue weighted by Gasteiger charge is 2.29. The molecule has 4 N–H and O–H groups in total. The second-order valence-electron chi connectivity index (χ2n) is 12.9.